The van der Waals surface area contributed by atoms with Gasteiger partial charge in [-0.3, -0.25) is 30.2 Å². The molecule has 1 heterocycles. The molecule has 0 saturated carbocycles. The van der Waals surface area contributed by atoms with Gasteiger partial charge in [0, 0.05) is 89.8 Å². The molecule has 13 heteroatoms. The van der Waals surface area contributed by atoms with E-state index >= 15 is 0 Å². The summed E-state index contributed by atoms with van der Waals surface area (Å²) in [6.45, 7) is 15.3. The number of nitrogens with one attached hydrogen (secondary N) is 5. The number of carbonyl (C=O) groups excluding carboxylic acids is 2. The number of hydrogen-bond donors (Lipinski definition) is 5. The van der Waals surface area contributed by atoms with Crippen LogP contribution in [0.2, 0.25) is 0 Å². The third-order valence-corrected chi connectivity index (χ3v) is 14.5. The fourth-order valence-electron chi connectivity index (χ4n) is 8.06. The van der Waals surface area contributed by atoms with Crippen LogP contribution in [0, 0.1) is 10.8 Å². The summed E-state index contributed by atoms with van der Waals surface area (Å²) in [4.78, 5) is 29.1. The highest BCUT2D eigenvalue weighted by Crippen LogP contribution is 2.14. The van der Waals surface area contributed by atoms with Crippen LogP contribution in [0.3, 0.4) is 0 Å². The van der Waals surface area contributed by atoms with Gasteiger partial charge in [-0.15, -0.1) is 0 Å². The lowest BCUT2D eigenvalue weighted by molar-refractivity contribution is -0.144. The number of carbonyl (C=O) groups is 2. The number of ether oxygens (including phenoxy) is 2. The Morgan fingerprint density at radius 3 is 1.18 bits per heavy atom. The van der Waals surface area contributed by atoms with Crippen molar-refractivity contribution in [3.05, 3.63) is 0 Å². The van der Waals surface area contributed by atoms with Crippen LogP contribution in [0.5, 0.6) is 0 Å². The Morgan fingerprint density at radius 1 is 0.431 bits per heavy atom. The molecule has 1 fully saturated rings. The quantitative estimate of drug-likeness (QED) is 0.0172. The van der Waals surface area contributed by atoms with E-state index in [1.54, 1.807) is 23.5 Å². The molecule has 11 nitrogen and oxygen atoms in total. The summed E-state index contributed by atoms with van der Waals surface area (Å²) in [5.74, 6) is 4.59. The summed E-state index contributed by atoms with van der Waals surface area (Å²) in [6, 6.07) is 0. The lowest BCUT2D eigenvalue weighted by Gasteiger charge is -2.34. The van der Waals surface area contributed by atoms with Crippen LogP contribution in [0.25, 0.3) is 0 Å². The van der Waals surface area contributed by atoms with Crippen LogP contribution in [0.15, 0.2) is 0 Å². The van der Waals surface area contributed by atoms with Crippen LogP contribution < -0.4 is 16.0 Å². The molecule has 0 unspecified atom stereocenters. The normalized spacial score (nSPS) is 13.3. The molecule has 0 bridgehead atoms. The van der Waals surface area contributed by atoms with Crippen LogP contribution in [-0.4, -0.2) is 135 Å². The average Bonchev–Trinajstić information content (AvgIpc) is 3.30. The summed E-state index contributed by atoms with van der Waals surface area (Å²) in [7, 11) is 0. The van der Waals surface area contributed by atoms with Gasteiger partial charge in [-0.05, 0) is 37.2 Å². The second-order valence-electron chi connectivity index (χ2n) is 18.4. The number of piperazine rings is 1. The highest BCUT2D eigenvalue weighted by molar-refractivity contribution is 7.99. The Hall–Kier alpha value is -1.54. The van der Waals surface area contributed by atoms with Crippen LogP contribution in [0.1, 0.15) is 206 Å². The van der Waals surface area contributed by atoms with Gasteiger partial charge in [-0.25, -0.2) is 0 Å². The molecule has 0 spiro atoms. The minimum atomic E-state index is -0.0719. The highest BCUT2D eigenvalue weighted by atomic mass is 32.2. The van der Waals surface area contributed by atoms with Crippen molar-refractivity contribution in [2.24, 2.45) is 0 Å². The van der Waals surface area contributed by atoms with Gasteiger partial charge < -0.3 is 25.4 Å². The van der Waals surface area contributed by atoms with Crippen LogP contribution in [0.4, 0.5) is 0 Å². The maximum Gasteiger partial charge on any atom is 0.306 e. The first-order valence-corrected chi connectivity index (χ1v) is 29.5. The van der Waals surface area contributed by atoms with E-state index in [4.69, 9.17) is 20.3 Å². The van der Waals surface area contributed by atoms with Crippen LogP contribution in [-0.2, 0) is 19.1 Å². The number of amidine groups is 2. The summed E-state index contributed by atoms with van der Waals surface area (Å²) in [5.41, 5.74) is 0. The van der Waals surface area contributed by atoms with Crippen molar-refractivity contribution in [3.63, 3.8) is 0 Å². The minimum absolute atomic E-state index is 0.0694. The molecule has 0 aromatic rings. The molecule has 1 saturated heterocycles. The molecule has 1 aliphatic heterocycles. The van der Waals surface area contributed by atoms with Gasteiger partial charge in [0.15, 0.2) is 0 Å². The van der Waals surface area contributed by atoms with E-state index in [1.165, 1.54) is 128 Å². The van der Waals surface area contributed by atoms with Crippen molar-refractivity contribution in [3.8, 4) is 0 Å². The summed E-state index contributed by atoms with van der Waals surface area (Å²) >= 11 is 3.57. The standard InChI is InChI=1S/C52H103N7O4S2/c1-3-5-7-9-11-13-15-17-19-21-23-25-43-62-51(60)31-47-64-45-27-29-49(53)56-34-33-55-35-37-58-39-41-59(42-40-58)38-36-57-50(54)30-28-46-65-48-32-52(61)63-44-26-24-22-20-18-16-14-12-10-8-6-4-2/h55H,3-48H2,1-2H3,(H2,53,56)(H2,54,57). The molecule has 0 aliphatic carbocycles. The van der Waals surface area contributed by atoms with Crippen molar-refractivity contribution in [1.82, 2.24) is 25.8 Å². The van der Waals surface area contributed by atoms with Gasteiger partial charge in [0.1, 0.15) is 0 Å². The topological polar surface area (TPSA) is 143 Å². The third kappa shape index (κ3) is 44.7. The minimum Gasteiger partial charge on any atom is -0.466 e. The first-order valence-electron chi connectivity index (χ1n) is 27.2. The molecule has 0 aromatic carbocycles. The molecule has 0 aromatic heterocycles. The lowest BCUT2D eigenvalue weighted by atomic mass is 10.1. The van der Waals surface area contributed by atoms with Gasteiger partial charge in [-0.2, -0.15) is 23.5 Å². The highest BCUT2D eigenvalue weighted by Gasteiger charge is 2.16. The molecular weight excluding hydrogens is 851 g/mol. The molecule has 65 heavy (non-hydrogen) atoms. The van der Waals surface area contributed by atoms with Gasteiger partial charge in [-0.1, -0.05) is 155 Å². The predicted octanol–water partition coefficient (Wildman–Crippen LogP) is 11.6. The third-order valence-electron chi connectivity index (χ3n) is 12.3. The first kappa shape index (κ1) is 61.5. The Labute approximate surface area is 409 Å². The molecule has 382 valence electrons. The Bertz CT molecular complexity index is 1100. The SMILES string of the molecule is CCCCCCCCCCCCCCOC(=O)CCSCCCC(=N)NCCNCCN1CCN(CCNC(=N)CCCSCCC(=O)OCCCCCCCCCCCCCC)CC1. The van der Waals surface area contributed by atoms with Crippen molar-refractivity contribution in [2.45, 2.75) is 206 Å². The molecule has 1 rings (SSSR count). The zero-order valence-corrected chi connectivity index (χ0v) is 44.0. The van der Waals surface area contributed by atoms with E-state index in [0.29, 0.717) is 37.7 Å². The molecule has 1 aliphatic rings. The Balaban J connectivity index is 1.82. The van der Waals surface area contributed by atoms with E-state index in [9.17, 15) is 9.59 Å². The van der Waals surface area contributed by atoms with E-state index in [0.717, 1.165) is 140 Å². The van der Waals surface area contributed by atoms with Crippen molar-refractivity contribution >= 4 is 47.1 Å². The van der Waals surface area contributed by atoms with Gasteiger partial charge in [0.05, 0.1) is 37.7 Å². The fraction of sp³-hybridized carbons (Fsp3) is 0.923. The van der Waals surface area contributed by atoms with Crippen molar-refractivity contribution in [1.29, 1.82) is 10.8 Å². The van der Waals surface area contributed by atoms with E-state index in [1.807, 2.05) is 0 Å². The number of rotatable bonds is 49. The molecular formula is C52H103N7O4S2. The summed E-state index contributed by atoms with van der Waals surface area (Å²) < 4.78 is 10.9. The zero-order chi connectivity index (χ0) is 46.9. The smallest absolute Gasteiger partial charge is 0.306 e. The van der Waals surface area contributed by atoms with Crippen molar-refractivity contribution < 1.29 is 19.1 Å². The molecule has 0 amide bonds. The number of thioether (sulfide) groups is 2. The van der Waals surface area contributed by atoms with Crippen molar-refractivity contribution in [2.75, 3.05) is 102 Å². The van der Waals surface area contributed by atoms with Gasteiger partial charge in [0.25, 0.3) is 0 Å². The largest absolute Gasteiger partial charge is 0.466 e. The summed E-state index contributed by atoms with van der Waals surface area (Å²) in [6.07, 6.45) is 35.8. The molecule has 0 radical (unpaired) electrons. The lowest BCUT2D eigenvalue weighted by Crippen LogP contribution is -2.49. The zero-order valence-electron chi connectivity index (χ0n) is 42.4. The van der Waals surface area contributed by atoms with E-state index < -0.39 is 0 Å². The average molecular weight is 955 g/mol. The van der Waals surface area contributed by atoms with Gasteiger partial charge >= 0.3 is 11.9 Å². The number of esters is 2. The number of hydrogen-bond acceptors (Lipinski definition) is 11. The maximum atomic E-state index is 12.1. The van der Waals surface area contributed by atoms with Crippen LogP contribution >= 0.6 is 23.5 Å². The number of unbranched alkanes of at least 4 members (excludes halogenated alkanes) is 22. The maximum absolute atomic E-state index is 12.1. The Kier molecular flexibility index (Phi) is 46.2. The molecule has 5 N–H and O–H groups in total. The molecule has 0 atom stereocenters. The van der Waals surface area contributed by atoms with E-state index in [-0.39, 0.29) is 11.9 Å². The summed E-state index contributed by atoms with van der Waals surface area (Å²) in [5, 5.41) is 26.6. The number of nitrogens with zero attached hydrogens (tertiary/aromatic N) is 2. The first-order chi connectivity index (χ1) is 31.9. The van der Waals surface area contributed by atoms with Gasteiger partial charge in [0.2, 0.25) is 0 Å². The monoisotopic (exact) mass is 954 g/mol. The van der Waals surface area contributed by atoms with E-state index in [2.05, 4.69) is 39.6 Å². The fourth-order valence-corrected chi connectivity index (χ4v) is 9.79. The second kappa shape index (κ2) is 48.9. The second-order valence-corrected chi connectivity index (χ2v) is 20.8. The Morgan fingerprint density at radius 2 is 0.785 bits per heavy atom. The predicted molar refractivity (Wildman–Crippen MR) is 284 cm³/mol.